The third-order valence-electron chi connectivity index (χ3n) is 3.87. The normalized spacial score (nSPS) is 11.3. The second kappa shape index (κ2) is 7.98. The van der Waals surface area contributed by atoms with Crippen molar-refractivity contribution in [2.45, 2.75) is 45.1 Å². The standard InChI is InChI=1S/C16H22F2N2O2/c1-3-16(19,4-2)10-20-15(22)8-7-14(21)11-5-6-12(17)13(18)9-11/h5-6,9H,3-4,7-8,10,19H2,1-2H3,(H,20,22). The van der Waals surface area contributed by atoms with Gasteiger partial charge >= 0.3 is 0 Å². The van der Waals surface area contributed by atoms with E-state index in [1.54, 1.807) is 0 Å². The van der Waals surface area contributed by atoms with E-state index in [1.807, 2.05) is 13.8 Å². The lowest BCUT2D eigenvalue weighted by Crippen LogP contribution is -2.49. The van der Waals surface area contributed by atoms with E-state index in [4.69, 9.17) is 5.73 Å². The Balaban J connectivity index is 2.46. The Morgan fingerprint density at radius 3 is 2.32 bits per heavy atom. The molecule has 1 rings (SSSR count). The first-order valence-corrected chi connectivity index (χ1v) is 7.35. The number of nitrogens with two attached hydrogens (primary N) is 1. The number of halogens is 2. The highest BCUT2D eigenvalue weighted by molar-refractivity contribution is 5.97. The first kappa shape index (κ1) is 18.2. The van der Waals surface area contributed by atoms with E-state index in [9.17, 15) is 18.4 Å². The highest BCUT2D eigenvalue weighted by atomic mass is 19.2. The molecule has 0 aromatic heterocycles. The van der Waals surface area contributed by atoms with Crippen LogP contribution in [0.25, 0.3) is 0 Å². The van der Waals surface area contributed by atoms with Gasteiger partial charge in [0.15, 0.2) is 17.4 Å². The molecule has 0 spiro atoms. The highest BCUT2D eigenvalue weighted by Gasteiger charge is 2.21. The fourth-order valence-corrected chi connectivity index (χ4v) is 1.90. The lowest BCUT2D eigenvalue weighted by atomic mass is 9.94. The summed E-state index contributed by atoms with van der Waals surface area (Å²) in [5.74, 6) is -2.77. The Morgan fingerprint density at radius 1 is 1.14 bits per heavy atom. The Kier molecular flexibility index (Phi) is 6.61. The van der Waals surface area contributed by atoms with E-state index in [2.05, 4.69) is 5.32 Å². The maximum absolute atomic E-state index is 13.0. The maximum Gasteiger partial charge on any atom is 0.220 e. The first-order valence-electron chi connectivity index (χ1n) is 7.35. The van der Waals surface area contributed by atoms with Gasteiger partial charge in [-0.2, -0.15) is 0 Å². The molecule has 0 aliphatic rings. The third kappa shape index (κ3) is 5.18. The molecule has 1 amide bonds. The van der Waals surface area contributed by atoms with Gasteiger partial charge in [-0.25, -0.2) is 8.78 Å². The molecular formula is C16H22F2N2O2. The molecular weight excluding hydrogens is 290 g/mol. The average Bonchev–Trinajstić information content (AvgIpc) is 2.52. The largest absolute Gasteiger partial charge is 0.354 e. The van der Waals surface area contributed by atoms with Gasteiger partial charge in [0, 0.05) is 30.5 Å². The van der Waals surface area contributed by atoms with E-state index in [-0.39, 0.29) is 24.3 Å². The van der Waals surface area contributed by atoms with Gasteiger partial charge in [-0.1, -0.05) is 13.8 Å². The summed E-state index contributed by atoms with van der Waals surface area (Å²) in [7, 11) is 0. The van der Waals surface area contributed by atoms with Gasteiger partial charge in [0.25, 0.3) is 0 Å². The monoisotopic (exact) mass is 312 g/mol. The minimum Gasteiger partial charge on any atom is -0.354 e. The first-order chi connectivity index (χ1) is 10.3. The lowest BCUT2D eigenvalue weighted by Gasteiger charge is -2.26. The SMILES string of the molecule is CCC(N)(CC)CNC(=O)CCC(=O)c1ccc(F)c(F)c1. The number of carbonyl (C=O) groups excluding carboxylic acids is 2. The van der Waals surface area contributed by atoms with Gasteiger partial charge in [-0.3, -0.25) is 9.59 Å². The second-order valence-corrected chi connectivity index (χ2v) is 5.40. The summed E-state index contributed by atoms with van der Waals surface area (Å²) in [6.45, 7) is 4.24. The number of benzene rings is 1. The molecule has 0 saturated heterocycles. The highest BCUT2D eigenvalue weighted by Crippen LogP contribution is 2.12. The van der Waals surface area contributed by atoms with Crippen LogP contribution in [0.5, 0.6) is 0 Å². The molecule has 3 N–H and O–H groups in total. The zero-order valence-corrected chi connectivity index (χ0v) is 12.9. The van der Waals surface area contributed by atoms with Gasteiger partial charge in [0.05, 0.1) is 0 Å². The van der Waals surface area contributed by atoms with Crippen molar-refractivity contribution in [1.29, 1.82) is 0 Å². The molecule has 0 aliphatic carbocycles. The number of hydrogen-bond acceptors (Lipinski definition) is 3. The van der Waals surface area contributed by atoms with E-state index >= 15 is 0 Å². The van der Waals surface area contributed by atoms with Crippen LogP contribution in [0.1, 0.15) is 49.9 Å². The fourth-order valence-electron chi connectivity index (χ4n) is 1.90. The van der Waals surface area contributed by atoms with Crippen LogP contribution in [-0.4, -0.2) is 23.8 Å². The summed E-state index contributed by atoms with van der Waals surface area (Å²) in [6.07, 6.45) is 1.39. The minimum atomic E-state index is -1.07. The zero-order valence-electron chi connectivity index (χ0n) is 12.9. The summed E-state index contributed by atoms with van der Waals surface area (Å²) in [5, 5.41) is 2.70. The topological polar surface area (TPSA) is 72.2 Å². The summed E-state index contributed by atoms with van der Waals surface area (Å²) in [5.41, 5.74) is 5.68. The van der Waals surface area contributed by atoms with Crippen LogP contribution in [0.15, 0.2) is 18.2 Å². The third-order valence-corrected chi connectivity index (χ3v) is 3.87. The van der Waals surface area contributed by atoms with Gasteiger partial charge in [-0.05, 0) is 31.0 Å². The summed E-state index contributed by atoms with van der Waals surface area (Å²) < 4.78 is 25.8. The molecule has 0 aliphatic heterocycles. The second-order valence-electron chi connectivity index (χ2n) is 5.40. The molecule has 22 heavy (non-hydrogen) atoms. The predicted molar refractivity (Wildman–Crippen MR) is 80.4 cm³/mol. The van der Waals surface area contributed by atoms with Crippen molar-refractivity contribution >= 4 is 11.7 Å². The van der Waals surface area contributed by atoms with Gasteiger partial charge in [-0.15, -0.1) is 0 Å². The van der Waals surface area contributed by atoms with Crippen LogP contribution >= 0.6 is 0 Å². The van der Waals surface area contributed by atoms with Crippen LogP contribution < -0.4 is 11.1 Å². The molecule has 0 radical (unpaired) electrons. The number of ketones is 1. The van der Waals surface area contributed by atoms with Gasteiger partial charge in [0.1, 0.15) is 0 Å². The maximum atomic E-state index is 13.0. The van der Waals surface area contributed by atoms with Crippen LogP contribution in [0.4, 0.5) is 8.78 Å². The van der Waals surface area contributed by atoms with E-state index in [1.165, 1.54) is 6.07 Å². The Bertz CT molecular complexity index is 543. The van der Waals surface area contributed by atoms with E-state index in [0.717, 1.165) is 25.0 Å². The fraction of sp³-hybridized carbons (Fsp3) is 0.500. The van der Waals surface area contributed by atoms with Crippen molar-refractivity contribution in [3.63, 3.8) is 0 Å². The molecule has 1 aromatic rings. The summed E-state index contributed by atoms with van der Waals surface area (Å²) in [4.78, 5) is 23.6. The summed E-state index contributed by atoms with van der Waals surface area (Å²) >= 11 is 0. The number of carbonyl (C=O) groups is 2. The van der Waals surface area contributed by atoms with Crippen molar-refractivity contribution in [2.24, 2.45) is 5.73 Å². The van der Waals surface area contributed by atoms with Crippen LogP contribution in [0.2, 0.25) is 0 Å². The molecule has 0 saturated carbocycles. The van der Waals surface area contributed by atoms with Gasteiger partial charge in [0.2, 0.25) is 5.91 Å². The van der Waals surface area contributed by atoms with E-state index in [0.29, 0.717) is 6.54 Å². The molecule has 0 heterocycles. The number of nitrogens with one attached hydrogen (secondary N) is 1. The smallest absolute Gasteiger partial charge is 0.220 e. The van der Waals surface area contributed by atoms with Crippen LogP contribution in [-0.2, 0) is 4.79 Å². The van der Waals surface area contributed by atoms with Crippen molar-refractivity contribution in [2.75, 3.05) is 6.54 Å². The Hall–Kier alpha value is -1.82. The predicted octanol–water partition coefficient (Wildman–Crippen LogP) is 2.56. The summed E-state index contributed by atoms with van der Waals surface area (Å²) in [6, 6.07) is 2.94. The molecule has 0 atom stereocenters. The van der Waals surface area contributed by atoms with Crippen molar-refractivity contribution in [3.8, 4) is 0 Å². The number of rotatable bonds is 8. The van der Waals surface area contributed by atoms with Gasteiger partial charge < -0.3 is 11.1 Å². The molecule has 1 aromatic carbocycles. The quantitative estimate of drug-likeness (QED) is 0.725. The molecule has 0 fully saturated rings. The molecule has 4 nitrogen and oxygen atoms in total. The van der Waals surface area contributed by atoms with Crippen LogP contribution in [0, 0.1) is 11.6 Å². The Labute approximate surface area is 129 Å². The lowest BCUT2D eigenvalue weighted by molar-refractivity contribution is -0.121. The van der Waals surface area contributed by atoms with Crippen molar-refractivity contribution < 1.29 is 18.4 Å². The number of hydrogen-bond donors (Lipinski definition) is 2. The molecule has 0 bridgehead atoms. The average molecular weight is 312 g/mol. The number of amides is 1. The van der Waals surface area contributed by atoms with E-state index < -0.39 is 23.0 Å². The molecule has 6 heteroatoms. The zero-order chi connectivity index (χ0) is 16.8. The molecule has 0 unspecified atom stereocenters. The van der Waals surface area contributed by atoms with Crippen LogP contribution in [0.3, 0.4) is 0 Å². The van der Waals surface area contributed by atoms with Crippen molar-refractivity contribution in [3.05, 3.63) is 35.4 Å². The Morgan fingerprint density at radius 2 is 1.77 bits per heavy atom. The van der Waals surface area contributed by atoms with Crippen molar-refractivity contribution in [1.82, 2.24) is 5.32 Å². The number of Topliss-reactive ketones (excluding diaryl/α,β-unsaturated/α-hetero) is 1. The minimum absolute atomic E-state index is 0.0126. The molecule has 122 valence electrons.